The molecule has 1 aromatic carbocycles. The molecule has 0 atom stereocenters. The van der Waals surface area contributed by atoms with Gasteiger partial charge >= 0.3 is 0 Å². The van der Waals surface area contributed by atoms with Gasteiger partial charge in [0.15, 0.2) is 0 Å². The Balaban J connectivity index is 2.82. The Labute approximate surface area is 108 Å². The van der Waals surface area contributed by atoms with Crippen LogP contribution in [0, 0.1) is 11.2 Å². The first-order valence-corrected chi connectivity index (χ1v) is 6.32. The Morgan fingerprint density at radius 3 is 2.44 bits per heavy atom. The Morgan fingerprint density at radius 1 is 1.39 bits per heavy atom. The fraction of sp³-hybridized carbons (Fsp3) is 0.500. The predicted octanol–water partition coefficient (Wildman–Crippen LogP) is 2.73. The summed E-state index contributed by atoms with van der Waals surface area (Å²) in [5.41, 5.74) is 6.41. The SMILES string of the molecule is CCC(CC)N(C)Cc1ccc(C(=N)N)cc1F. The summed E-state index contributed by atoms with van der Waals surface area (Å²) in [5.74, 6) is -0.394. The minimum absolute atomic E-state index is 0.103. The van der Waals surface area contributed by atoms with Crippen LogP contribution in [0.1, 0.15) is 37.8 Å². The number of amidine groups is 1. The summed E-state index contributed by atoms with van der Waals surface area (Å²) in [4.78, 5) is 2.16. The highest BCUT2D eigenvalue weighted by molar-refractivity contribution is 5.94. The zero-order valence-electron chi connectivity index (χ0n) is 11.3. The second-order valence-electron chi connectivity index (χ2n) is 4.61. The largest absolute Gasteiger partial charge is 0.384 e. The fourth-order valence-electron chi connectivity index (χ4n) is 2.15. The molecule has 0 bridgehead atoms. The molecular formula is C14H22FN3. The van der Waals surface area contributed by atoms with E-state index in [9.17, 15) is 4.39 Å². The van der Waals surface area contributed by atoms with Crippen molar-refractivity contribution < 1.29 is 4.39 Å². The molecule has 1 aromatic rings. The van der Waals surface area contributed by atoms with Crippen LogP contribution < -0.4 is 5.73 Å². The number of halogens is 1. The lowest BCUT2D eigenvalue weighted by Gasteiger charge is -2.26. The molecule has 0 aliphatic carbocycles. The van der Waals surface area contributed by atoms with E-state index in [0.29, 0.717) is 23.7 Å². The highest BCUT2D eigenvalue weighted by atomic mass is 19.1. The van der Waals surface area contributed by atoms with Gasteiger partial charge in [0.1, 0.15) is 11.7 Å². The number of rotatable bonds is 6. The molecule has 100 valence electrons. The second kappa shape index (κ2) is 6.50. The number of nitrogens with zero attached hydrogens (tertiary/aromatic N) is 1. The summed E-state index contributed by atoms with van der Waals surface area (Å²) >= 11 is 0. The van der Waals surface area contributed by atoms with Gasteiger partial charge in [-0.05, 0) is 26.0 Å². The van der Waals surface area contributed by atoms with E-state index >= 15 is 0 Å². The third-order valence-electron chi connectivity index (χ3n) is 3.35. The van der Waals surface area contributed by atoms with Crippen LogP contribution in [-0.2, 0) is 6.54 Å². The van der Waals surface area contributed by atoms with Gasteiger partial charge < -0.3 is 5.73 Å². The van der Waals surface area contributed by atoms with E-state index in [1.807, 2.05) is 7.05 Å². The van der Waals surface area contributed by atoms with E-state index in [2.05, 4.69) is 18.7 Å². The van der Waals surface area contributed by atoms with Crippen molar-refractivity contribution in [2.24, 2.45) is 5.73 Å². The zero-order valence-corrected chi connectivity index (χ0v) is 11.3. The smallest absolute Gasteiger partial charge is 0.128 e. The molecule has 4 heteroatoms. The monoisotopic (exact) mass is 251 g/mol. The first-order valence-electron chi connectivity index (χ1n) is 6.32. The minimum Gasteiger partial charge on any atom is -0.384 e. The summed E-state index contributed by atoms with van der Waals surface area (Å²) in [6.07, 6.45) is 2.11. The molecule has 0 heterocycles. The van der Waals surface area contributed by atoms with Gasteiger partial charge in [-0.2, -0.15) is 0 Å². The van der Waals surface area contributed by atoms with Crippen LogP contribution in [0.2, 0.25) is 0 Å². The molecular weight excluding hydrogens is 229 g/mol. The second-order valence-corrected chi connectivity index (χ2v) is 4.61. The number of hydrogen-bond donors (Lipinski definition) is 2. The fourth-order valence-corrected chi connectivity index (χ4v) is 2.15. The topological polar surface area (TPSA) is 53.1 Å². The first-order chi connectivity index (χ1) is 8.49. The Kier molecular flexibility index (Phi) is 5.28. The molecule has 0 aromatic heterocycles. The molecule has 0 aliphatic heterocycles. The Hall–Kier alpha value is -1.42. The van der Waals surface area contributed by atoms with Crippen LogP contribution in [0.3, 0.4) is 0 Å². The van der Waals surface area contributed by atoms with Gasteiger partial charge in [0.05, 0.1) is 0 Å². The molecule has 0 saturated carbocycles. The van der Waals surface area contributed by atoms with Gasteiger partial charge in [-0.25, -0.2) is 4.39 Å². The standard InChI is InChI=1S/C14H22FN3/c1-4-12(5-2)18(3)9-11-7-6-10(14(16)17)8-13(11)15/h6-8,12H,4-5,9H2,1-3H3,(H3,16,17). The highest BCUT2D eigenvalue weighted by Crippen LogP contribution is 2.15. The summed E-state index contributed by atoms with van der Waals surface area (Å²) in [6, 6.07) is 5.21. The highest BCUT2D eigenvalue weighted by Gasteiger charge is 2.13. The molecule has 3 nitrogen and oxygen atoms in total. The third-order valence-corrected chi connectivity index (χ3v) is 3.35. The molecule has 0 unspecified atom stereocenters. The number of nitrogen functional groups attached to an aromatic ring is 1. The zero-order chi connectivity index (χ0) is 13.7. The van der Waals surface area contributed by atoms with Gasteiger partial charge in [0.2, 0.25) is 0 Å². The summed E-state index contributed by atoms with van der Waals surface area (Å²) in [5, 5.41) is 7.27. The normalized spacial score (nSPS) is 11.2. The van der Waals surface area contributed by atoms with Crippen molar-refractivity contribution in [1.82, 2.24) is 4.90 Å². The van der Waals surface area contributed by atoms with Crippen molar-refractivity contribution in [1.29, 1.82) is 5.41 Å². The molecule has 1 rings (SSSR count). The number of nitrogens with two attached hydrogens (primary N) is 1. The van der Waals surface area contributed by atoms with Crippen molar-refractivity contribution >= 4 is 5.84 Å². The van der Waals surface area contributed by atoms with Crippen molar-refractivity contribution in [3.63, 3.8) is 0 Å². The van der Waals surface area contributed by atoms with Crippen molar-refractivity contribution in [2.75, 3.05) is 7.05 Å². The molecule has 0 radical (unpaired) electrons. The lowest BCUT2D eigenvalue weighted by Crippen LogP contribution is -2.30. The van der Waals surface area contributed by atoms with Gasteiger partial charge in [-0.1, -0.05) is 26.0 Å². The maximum Gasteiger partial charge on any atom is 0.128 e. The Bertz CT molecular complexity index is 414. The Morgan fingerprint density at radius 2 is 2.00 bits per heavy atom. The van der Waals surface area contributed by atoms with Gasteiger partial charge in [0, 0.05) is 23.7 Å². The van der Waals surface area contributed by atoms with E-state index < -0.39 is 0 Å². The average molecular weight is 251 g/mol. The van der Waals surface area contributed by atoms with Gasteiger partial charge in [-0.15, -0.1) is 0 Å². The van der Waals surface area contributed by atoms with E-state index in [0.717, 1.165) is 12.8 Å². The molecule has 0 aliphatic rings. The van der Waals surface area contributed by atoms with Crippen LogP contribution >= 0.6 is 0 Å². The summed E-state index contributed by atoms with van der Waals surface area (Å²) in [7, 11) is 2.01. The molecule has 0 fully saturated rings. The maximum atomic E-state index is 13.9. The van der Waals surface area contributed by atoms with Crippen molar-refractivity contribution in [3.05, 3.63) is 35.1 Å². The van der Waals surface area contributed by atoms with Gasteiger partial charge in [0.25, 0.3) is 0 Å². The number of nitrogens with one attached hydrogen (secondary N) is 1. The van der Waals surface area contributed by atoms with Crippen LogP contribution in [0.15, 0.2) is 18.2 Å². The molecule has 0 spiro atoms. The van der Waals surface area contributed by atoms with E-state index in [1.165, 1.54) is 6.07 Å². The van der Waals surface area contributed by atoms with Crippen LogP contribution in [-0.4, -0.2) is 23.8 Å². The summed E-state index contributed by atoms with van der Waals surface area (Å²) < 4.78 is 13.9. The molecule has 0 amide bonds. The minimum atomic E-state index is -0.291. The third kappa shape index (κ3) is 3.53. The average Bonchev–Trinajstić information content (AvgIpc) is 2.33. The quantitative estimate of drug-likeness (QED) is 0.603. The summed E-state index contributed by atoms with van der Waals surface area (Å²) in [6.45, 7) is 4.86. The molecule has 3 N–H and O–H groups in total. The lowest BCUT2D eigenvalue weighted by molar-refractivity contribution is 0.219. The van der Waals surface area contributed by atoms with E-state index in [4.69, 9.17) is 11.1 Å². The van der Waals surface area contributed by atoms with Crippen LogP contribution in [0.25, 0.3) is 0 Å². The van der Waals surface area contributed by atoms with Crippen molar-refractivity contribution in [2.45, 2.75) is 39.3 Å². The predicted molar refractivity (Wildman–Crippen MR) is 73.3 cm³/mol. The van der Waals surface area contributed by atoms with Crippen LogP contribution in [0.4, 0.5) is 4.39 Å². The van der Waals surface area contributed by atoms with Crippen LogP contribution in [0.5, 0.6) is 0 Å². The van der Waals surface area contributed by atoms with Crippen molar-refractivity contribution in [3.8, 4) is 0 Å². The molecule has 0 saturated heterocycles. The molecule has 18 heavy (non-hydrogen) atoms. The first kappa shape index (κ1) is 14.6. The van der Waals surface area contributed by atoms with E-state index in [1.54, 1.807) is 12.1 Å². The van der Waals surface area contributed by atoms with E-state index in [-0.39, 0.29) is 11.7 Å². The maximum absolute atomic E-state index is 13.9. The number of hydrogen-bond acceptors (Lipinski definition) is 2. The van der Waals surface area contributed by atoms with Gasteiger partial charge in [-0.3, -0.25) is 10.3 Å². The number of benzene rings is 1. The lowest BCUT2D eigenvalue weighted by atomic mass is 10.1.